The standard InChI is InChI=1S/C19H16N2O/c1-21-17-11-10-13-6-3-4-9-16(13)18(17)20-19(21)14-7-5-8-15(12-14)22-2/h3-12H,1-2H3. The van der Waals surface area contributed by atoms with Gasteiger partial charge in [-0.2, -0.15) is 0 Å². The molecule has 1 heterocycles. The molecule has 0 aliphatic heterocycles. The van der Waals surface area contributed by atoms with E-state index in [-0.39, 0.29) is 0 Å². The molecule has 1 aromatic heterocycles. The summed E-state index contributed by atoms with van der Waals surface area (Å²) >= 11 is 0. The van der Waals surface area contributed by atoms with E-state index in [4.69, 9.17) is 9.72 Å². The van der Waals surface area contributed by atoms with Crippen molar-refractivity contribution in [3.8, 4) is 17.1 Å². The van der Waals surface area contributed by atoms with Gasteiger partial charge in [0.15, 0.2) is 0 Å². The van der Waals surface area contributed by atoms with E-state index in [1.54, 1.807) is 7.11 Å². The van der Waals surface area contributed by atoms with Crippen LogP contribution in [0.4, 0.5) is 0 Å². The number of hydrogen-bond acceptors (Lipinski definition) is 2. The zero-order valence-electron chi connectivity index (χ0n) is 12.6. The molecule has 0 aliphatic carbocycles. The Morgan fingerprint density at radius 2 is 1.82 bits per heavy atom. The van der Waals surface area contributed by atoms with Crippen molar-refractivity contribution in [1.29, 1.82) is 0 Å². The molecule has 4 rings (SSSR count). The number of benzene rings is 3. The van der Waals surface area contributed by atoms with E-state index in [0.29, 0.717) is 0 Å². The van der Waals surface area contributed by atoms with Crippen LogP contribution in [0.15, 0.2) is 60.7 Å². The molecule has 3 heteroatoms. The van der Waals surface area contributed by atoms with Crippen LogP contribution in [0.2, 0.25) is 0 Å². The summed E-state index contributed by atoms with van der Waals surface area (Å²) in [4.78, 5) is 4.89. The highest BCUT2D eigenvalue weighted by atomic mass is 16.5. The number of aryl methyl sites for hydroxylation is 1. The number of methoxy groups -OCH3 is 1. The van der Waals surface area contributed by atoms with Crippen LogP contribution in [0.25, 0.3) is 33.2 Å². The lowest BCUT2D eigenvalue weighted by Gasteiger charge is -2.05. The molecule has 0 spiro atoms. The fourth-order valence-electron chi connectivity index (χ4n) is 2.95. The first-order chi connectivity index (χ1) is 10.8. The summed E-state index contributed by atoms with van der Waals surface area (Å²) in [5.74, 6) is 1.79. The van der Waals surface area contributed by atoms with Crippen LogP contribution in [0.5, 0.6) is 5.75 Å². The second-order valence-electron chi connectivity index (χ2n) is 5.38. The Bertz CT molecular complexity index is 985. The van der Waals surface area contributed by atoms with Gasteiger partial charge in [-0.25, -0.2) is 4.98 Å². The molecule has 0 unspecified atom stereocenters. The number of nitrogens with zero attached hydrogens (tertiary/aromatic N) is 2. The number of imidazole rings is 1. The molecule has 0 bridgehead atoms. The SMILES string of the molecule is COc1cccc(-c2nc3c4ccccc4ccc3n2C)c1. The van der Waals surface area contributed by atoms with E-state index in [1.165, 1.54) is 10.8 Å². The third kappa shape index (κ3) is 1.86. The van der Waals surface area contributed by atoms with Gasteiger partial charge in [0.05, 0.1) is 18.1 Å². The third-order valence-corrected chi connectivity index (χ3v) is 4.10. The van der Waals surface area contributed by atoms with Crippen molar-refractivity contribution >= 4 is 21.8 Å². The minimum Gasteiger partial charge on any atom is -0.497 e. The van der Waals surface area contributed by atoms with Crippen LogP contribution < -0.4 is 4.74 Å². The second kappa shape index (κ2) is 4.88. The number of aromatic nitrogens is 2. The van der Waals surface area contributed by atoms with Gasteiger partial charge < -0.3 is 9.30 Å². The normalized spacial score (nSPS) is 11.2. The molecule has 0 aliphatic rings. The summed E-state index contributed by atoms with van der Waals surface area (Å²) in [6.45, 7) is 0. The van der Waals surface area contributed by atoms with Gasteiger partial charge in [-0.05, 0) is 23.6 Å². The maximum atomic E-state index is 5.32. The smallest absolute Gasteiger partial charge is 0.141 e. The van der Waals surface area contributed by atoms with Gasteiger partial charge in [0.2, 0.25) is 0 Å². The Balaban J connectivity index is 2.02. The van der Waals surface area contributed by atoms with Gasteiger partial charge >= 0.3 is 0 Å². The number of rotatable bonds is 2. The monoisotopic (exact) mass is 288 g/mol. The van der Waals surface area contributed by atoms with E-state index >= 15 is 0 Å². The van der Waals surface area contributed by atoms with Crippen molar-refractivity contribution in [2.75, 3.05) is 7.11 Å². The molecular formula is C19H16N2O. The maximum absolute atomic E-state index is 5.32. The van der Waals surface area contributed by atoms with Gasteiger partial charge in [-0.1, -0.05) is 42.5 Å². The molecule has 0 atom stereocenters. The number of fused-ring (bicyclic) bond motifs is 3. The third-order valence-electron chi connectivity index (χ3n) is 4.10. The molecule has 22 heavy (non-hydrogen) atoms. The zero-order chi connectivity index (χ0) is 15.1. The fourth-order valence-corrected chi connectivity index (χ4v) is 2.95. The van der Waals surface area contributed by atoms with Gasteiger partial charge in [-0.15, -0.1) is 0 Å². The molecule has 4 aromatic rings. The van der Waals surface area contributed by atoms with Gasteiger partial charge in [0, 0.05) is 18.0 Å². The molecular weight excluding hydrogens is 272 g/mol. The molecule has 3 aromatic carbocycles. The summed E-state index contributed by atoms with van der Waals surface area (Å²) < 4.78 is 7.46. The second-order valence-corrected chi connectivity index (χ2v) is 5.38. The minimum absolute atomic E-state index is 0.842. The quantitative estimate of drug-likeness (QED) is 0.546. The van der Waals surface area contributed by atoms with Gasteiger partial charge in [-0.3, -0.25) is 0 Å². The van der Waals surface area contributed by atoms with Crippen molar-refractivity contribution in [3.63, 3.8) is 0 Å². The molecule has 3 nitrogen and oxygen atoms in total. The zero-order valence-corrected chi connectivity index (χ0v) is 12.6. The van der Waals surface area contributed by atoms with E-state index in [1.807, 2.05) is 18.2 Å². The van der Waals surface area contributed by atoms with E-state index < -0.39 is 0 Å². The predicted molar refractivity (Wildman–Crippen MR) is 90.2 cm³/mol. The van der Waals surface area contributed by atoms with E-state index in [9.17, 15) is 0 Å². The molecule has 0 saturated heterocycles. The maximum Gasteiger partial charge on any atom is 0.141 e. The van der Waals surface area contributed by atoms with Crippen molar-refractivity contribution in [3.05, 3.63) is 60.7 Å². The summed E-state index contributed by atoms with van der Waals surface area (Å²) in [6, 6.07) is 20.7. The lowest BCUT2D eigenvalue weighted by Crippen LogP contribution is -1.93. The average molecular weight is 288 g/mol. The molecule has 0 saturated carbocycles. The Hall–Kier alpha value is -2.81. The Labute approximate surface area is 128 Å². The summed E-state index contributed by atoms with van der Waals surface area (Å²) in [6.07, 6.45) is 0. The average Bonchev–Trinajstić information content (AvgIpc) is 2.92. The molecule has 0 radical (unpaired) electrons. The largest absolute Gasteiger partial charge is 0.497 e. The first kappa shape index (κ1) is 12.9. The van der Waals surface area contributed by atoms with Crippen LogP contribution in [-0.4, -0.2) is 16.7 Å². The van der Waals surface area contributed by atoms with Crippen molar-refractivity contribution in [1.82, 2.24) is 9.55 Å². The van der Waals surface area contributed by atoms with E-state index in [0.717, 1.165) is 28.2 Å². The lowest BCUT2D eigenvalue weighted by molar-refractivity contribution is 0.415. The molecule has 108 valence electrons. The topological polar surface area (TPSA) is 27.1 Å². The highest BCUT2D eigenvalue weighted by Gasteiger charge is 2.12. The lowest BCUT2D eigenvalue weighted by atomic mass is 10.1. The minimum atomic E-state index is 0.842. The highest BCUT2D eigenvalue weighted by molar-refractivity contribution is 6.05. The summed E-state index contributed by atoms with van der Waals surface area (Å²) in [7, 11) is 3.74. The fraction of sp³-hybridized carbons (Fsp3) is 0.105. The summed E-state index contributed by atoms with van der Waals surface area (Å²) in [5.41, 5.74) is 3.23. The predicted octanol–water partition coefficient (Wildman–Crippen LogP) is 4.40. The van der Waals surface area contributed by atoms with Gasteiger partial charge in [0.25, 0.3) is 0 Å². The number of hydrogen-bond donors (Lipinski definition) is 0. The van der Waals surface area contributed by atoms with Crippen LogP contribution in [0.1, 0.15) is 0 Å². The Kier molecular flexibility index (Phi) is 2.86. The van der Waals surface area contributed by atoms with Crippen LogP contribution in [0, 0.1) is 0 Å². The molecule has 0 N–H and O–H groups in total. The van der Waals surface area contributed by atoms with Crippen molar-refractivity contribution in [2.24, 2.45) is 7.05 Å². The van der Waals surface area contributed by atoms with Crippen molar-refractivity contribution in [2.45, 2.75) is 0 Å². The molecule has 0 fully saturated rings. The van der Waals surface area contributed by atoms with Gasteiger partial charge in [0.1, 0.15) is 11.6 Å². The first-order valence-corrected chi connectivity index (χ1v) is 7.26. The Morgan fingerprint density at radius 1 is 0.955 bits per heavy atom. The van der Waals surface area contributed by atoms with Crippen LogP contribution in [-0.2, 0) is 7.05 Å². The van der Waals surface area contributed by atoms with Crippen LogP contribution in [0.3, 0.4) is 0 Å². The van der Waals surface area contributed by atoms with Crippen LogP contribution >= 0.6 is 0 Å². The number of ether oxygens (including phenoxy) is 1. The Morgan fingerprint density at radius 3 is 2.68 bits per heavy atom. The van der Waals surface area contributed by atoms with Crippen molar-refractivity contribution < 1.29 is 4.74 Å². The van der Waals surface area contributed by atoms with E-state index in [2.05, 4.69) is 54.1 Å². The first-order valence-electron chi connectivity index (χ1n) is 7.26. The highest BCUT2D eigenvalue weighted by Crippen LogP contribution is 2.30. The summed E-state index contributed by atoms with van der Waals surface area (Å²) in [5, 5.41) is 2.40. The molecule has 0 amide bonds.